The van der Waals surface area contributed by atoms with E-state index in [1.54, 1.807) is 30.0 Å². The van der Waals surface area contributed by atoms with E-state index in [-0.39, 0.29) is 12.4 Å². The van der Waals surface area contributed by atoms with Crippen molar-refractivity contribution in [2.75, 3.05) is 12.9 Å². The minimum atomic E-state index is -0.141. The maximum absolute atomic E-state index is 12.0. The summed E-state index contributed by atoms with van der Waals surface area (Å²) in [5.74, 6) is 0.522. The van der Waals surface area contributed by atoms with Gasteiger partial charge >= 0.3 is 0 Å². The van der Waals surface area contributed by atoms with E-state index in [0.717, 1.165) is 4.90 Å². The molecule has 0 aliphatic heterocycles. The average Bonchev–Trinajstić information content (AvgIpc) is 2.48. The first-order valence-electron chi connectivity index (χ1n) is 5.85. The number of hydrogen-bond acceptors (Lipinski definition) is 3. The summed E-state index contributed by atoms with van der Waals surface area (Å²) in [7, 11) is 0. The molecule has 20 heavy (non-hydrogen) atoms. The van der Waals surface area contributed by atoms with Crippen LogP contribution >= 0.6 is 35.0 Å². The molecule has 0 bridgehead atoms. The van der Waals surface area contributed by atoms with Crippen molar-refractivity contribution in [2.24, 2.45) is 0 Å². The zero-order chi connectivity index (χ0) is 14.5. The molecule has 2 aromatic carbocycles. The highest BCUT2D eigenvalue weighted by Crippen LogP contribution is 2.23. The zero-order valence-electron chi connectivity index (χ0n) is 10.7. The maximum atomic E-state index is 12.0. The zero-order valence-corrected chi connectivity index (χ0v) is 13.1. The second-order valence-corrected chi connectivity index (χ2v) is 5.71. The second kappa shape index (κ2) is 7.02. The van der Waals surface area contributed by atoms with E-state index < -0.39 is 0 Å². The first-order valence-corrected chi connectivity index (χ1v) is 7.83. The quantitative estimate of drug-likeness (QED) is 0.572. The molecule has 0 N–H and O–H groups in total. The molecular formula is C15H12Cl2O2S. The smallest absolute Gasteiger partial charge is 0.200 e. The van der Waals surface area contributed by atoms with E-state index in [9.17, 15) is 4.79 Å². The molecule has 0 amide bonds. The molecule has 0 saturated carbocycles. The number of rotatable bonds is 5. The highest BCUT2D eigenvalue weighted by Gasteiger charge is 2.09. The molecule has 0 fully saturated rings. The Bertz CT molecular complexity index is 612. The van der Waals surface area contributed by atoms with E-state index in [4.69, 9.17) is 27.9 Å². The molecule has 0 unspecified atom stereocenters. The van der Waals surface area contributed by atoms with Crippen LogP contribution in [0.25, 0.3) is 0 Å². The molecule has 2 aromatic rings. The Labute approximate surface area is 132 Å². The van der Waals surface area contributed by atoms with Gasteiger partial charge in [-0.2, -0.15) is 0 Å². The van der Waals surface area contributed by atoms with Crippen LogP contribution in [0.5, 0.6) is 5.75 Å². The number of thioether (sulfide) groups is 1. The fraction of sp³-hybridized carbons (Fsp3) is 0.133. The molecular weight excluding hydrogens is 315 g/mol. The Morgan fingerprint density at radius 1 is 1.10 bits per heavy atom. The van der Waals surface area contributed by atoms with Crippen molar-refractivity contribution in [3.05, 3.63) is 58.1 Å². The van der Waals surface area contributed by atoms with Gasteiger partial charge in [-0.25, -0.2) is 0 Å². The van der Waals surface area contributed by atoms with Crippen molar-refractivity contribution >= 4 is 40.7 Å². The summed E-state index contributed by atoms with van der Waals surface area (Å²) in [5, 5.41) is 0.790. The first kappa shape index (κ1) is 15.2. The Morgan fingerprint density at radius 3 is 2.40 bits per heavy atom. The van der Waals surface area contributed by atoms with E-state index >= 15 is 0 Å². The Kier molecular flexibility index (Phi) is 5.35. The molecule has 0 radical (unpaired) electrons. The molecule has 0 aliphatic rings. The number of carbonyl (C=O) groups excluding carboxylic acids is 1. The van der Waals surface area contributed by atoms with Gasteiger partial charge in [0, 0.05) is 10.5 Å². The molecule has 0 heterocycles. The maximum Gasteiger partial charge on any atom is 0.200 e. The minimum absolute atomic E-state index is 0.0312. The fourth-order valence-electron chi connectivity index (χ4n) is 1.57. The highest BCUT2D eigenvalue weighted by molar-refractivity contribution is 7.98. The van der Waals surface area contributed by atoms with E-state index in [1.807, 2.05) is 30.5 Å². The third-order valence-corrected chi connectivity index (χ3v) is 4.15. The number of ketones is 1. The largest absolute Gasteiger partial charge is 0.485 e. The van der Waals surface area contributed by atoms with Gasteiger partial charge < -0.3 is 4.74 Å². The number of halogens is 2. The molecule has 0 aliphatic carbocycles. The third-order valence-electron chi connectivity index (χ3n) is 2.67. The number of ether oxygens (including phenoxy) is 1. The predicted octanol–water partition coefficient (Wildman–Crippen LogP) is 4.98. The summed E-state index contributed by atoms with van der Waals surface area (Å²) in [6.45, 7) is -0.0312. The molecule has 0 saturated heterocycles. The number of carbonyl (C=O) groups is 1. The molecule has 2 rings (SSSR count). The SMILES string of the molecule is CSc1ccc(OCC(=O)c2ccc(Cl)c(Cl)c2)cc1. The lowest BCUT2D eigenvalue weighted by Gasteiger charge is -2.07. The normalized spacial score (nSPS) is 10.3. The summed E-state index contributed by atoms with van der Waals surface area (Å²) in [5.41, 5.74) is 0.486. The van der Waals surface area contributed by atoms with E-state index in [1.165, 1.54) is 0 Å². The molecule has 104 valence electrons. The predicted molar refractivity (Wildman–Crippen MR) is 84.5 cm³/mol. The van der Waals surface area contributed by atoms with Gasteiger partial charge in [0.05, 0.1) is 10.0 Å². The summed E-state index contributed by atoms with van der Waals surface area (Å²) in [6.07, 6.45) is 2.00. The molecule has 0 atom stereocenters. The number of hydrogen-bond donors (Lipinski definition) is 0. The van der Waals surface area contributed by atoms with Gasteiger partial charge in [-0.1, -0.05) is 23.2 Å². The summed E-state index contributed by atoms with van der Waals surface area (Å²) in [6, 6.07) is 12.4. The fourth-order valence-corrected chi connectivity index (χ4v) is 2.28. The van der Waals surface area contributed by atoms with Gasteiger partial charge in [-0.15, -0.1) is 11.8 Å². The second-order valence-electron chi connectivity index (χ2n) is 4.02. The minimum Gasteiger partial charge on any atom is -0.485 e. The summed E-state index contributed by atoms with van der Waals surface area (Å²) < 4.78 is 5.46. The van der Waals surface area contributed by atoms with E-state index in [0.29, 0.717) is 21.4 Å². The first-order chi connectivity index (χ1) is 9.60. The van der Waals surface area contributed by atoms with Crippen LogP contribution < -0.4 is 4.74 Å². The van der Waals surface area contributed by atoms with Crippen molar-refractivity contribution in [1.29, 1.82) is 0 Å². The lowest BCUT2D eigenvalue weighted by molar-refractivity contribution is 0.0921. The van der Waals surface area contributed by atoms with Crippen LogP contribution in [0.1, 0.15) is 10.4 Å². The summed E-state index contributed by atoms with van der Waals surface area (Å²) in [4.78, 5) is 13.1. The van der Waals surface area contributed by atoms with Gasteiger partial charge in [-0.05, 0) is 48.7 Å². The molecule has 5 heteroatoms. The number of Topliss-reactive ketones (excluding diaryl/α,β-unsaturated/α-hetero) is 1. The van der Waals surface area contributed by atoms with Gasteiger partial charge in [0.2, 0.25) is 0 Å². The van der Waals surface area contributed by atoms with Crippen molar-refractivity contribution in [3.63, 3.8) is 0 Å². The topological polar surface area (TPSA) is 26.3 Å². The Balaban J connectivity index is 1.98. The van der Waals surface area contributed by atoms with Crippen molar-refractivity contribution < 1.29 is 9.53 Å². The standard InChI is InChI=1S/C15H12Cl2O2S/c1-20-12-5-3-11(4-6-12)19-9-15(18)10-2-7-13(16)14(17)8-10/h2-8H,9H2,1H3. The van der Waals surface area contributed by atoms with Crippen LogP contribution in [-0.4, -0.2) is 18.6 Å². The van der Waals surface area contributed by atoms with Crippen LogP contribution in [-0.2, 0) is 0 Å². The molecule has 0 aromatic heterocycles. The van der Waals surface area contributed by atoms with Gasteiger partial charge in [0.15, 0.2) is 12.4 Å². The van der Waals surface area contributed by atoms with Crippen molar-refractivity contribution in [1.82, 2.24) is 0 Å². The lowest BCUT2D eigenvalue weighted by Crippen LogP contribution is -2.11. The van der Waals surface area contributed by atoms with Crippen LogP contribution in [0.4, 0.5) is 0 Å². The van der Waals surface area contributed by atoms with Crippen molar-refractivity contribution in [3.8, 4) is 5.75 Å². The van der Waals surface area contributed by atoms with Gasteiger partial charge in [0.25, 0.3) is 0 Å². The average molecular weight is 327 g/mol. The highest BCUT2D eigenvalue weighted by atomic mass is 35.5. The summed E-state index contributed by atoms with van der Waals surface area (Å²) >= 11 is 13.3. The van der Waals surface area contributed by atoms with Gasteiger partial charge in [-0.3, -0.25) is 4.79 Å². The van der Waals surface area contributed by atoms with E-state index in [2.05, 4.69) is 0 Å². The van der Waals surface area contributed by atoms with Crippen LogP contribution in [0.3, 0.4) is 0 Å². The lowest BCUT2D eigenvalue weighted by atomic mass is 10.1. The van der Waals surface area contributed by atoms with Crippen LogP contribution in [0.15, 0.2) is 47.4 Å². The van der Waals surface area contributed by atoms with Crippen LogP contribution in [0, 0.1) is 0 Å². The Morgan fingerprint density at radius 2 is 1.80 bits per heavy atom. The Hall–Kier alpha value is -1.16. The molecule has 0 spiro atoms. The third kappa shape index (κ3) is 3.92. The van der Waals surface area contributed by atoms with Crippen LogP contribution in [0.2, 0.25) is 10.0 Å². The monoisotopic (exact) mass is 326 g/mol. The number of benzene rings is 2. The van der Waals surface area contributed by atoms with Gasteiger partial charge in [0.1, 0.15) is 5.75 Å². The van der Waals surface area contributed by atoms with Crippen molar-refractivity contribution in [2.45, 2.75) is 4.90 Å². The molecule has 2 nitrogen and oxygen atoms in total.